The minimum absolute atomic E-state index is 0.0102. The summed E-state index contributed by atoms with van der Waals surface area (Å²) in [5, 5.41) is 20.8. The van der Waals surface area contributed by atoms with Crippen molar-refractivity contribution in [1.29, 1.82) is 0 Å². The molecule has 110 valence electrons. The van der Waals surface area contributed by atoms with Crippen LogP contribution in [0.1, 0.15) is 43.0 Å². The summed E-state index contributed by atoms with van der Waals surface area (Å²) in [6, 6.07) is 4.07. The summed E-state index contributed by atoms with van der Waals surface area (Å²) in [4.78, 5) is 22.5. The van der Waals surface area contributed by atoms with Gasteiger partial charge in [-0.05, 0) is 18.6 Å². The van der Waals surface area contributed by atoms with Gasteiger partial charge < -0.3 is 14.9 Å². The van der Waals surface area contributed by atoms with E-state index >= 15 is 0 Å². The van der Waals surface area contributed by atoms with E-state index < -0.39 is 17.8 Å². The average molecular weight is 281 g/mol. The lowest BCUT2D eigenvalue weighted by Gasteiger charge is -2.10. The molecular weight excluding hydrogens is 262 g/mol. The molecule has 0 unspecified atom stereocenters. The van der Waals surface area contributed by atoms with Gasteiger partial charge in [0.2, 0.25) is 0 Å². The van der Waals surface area contributed by atoms with E-state index in [1.165, 1.54) is 18.2 Å². The van der Waals surface area contributed by atoms with E-state index in [0.717, 1.165) is 25.7 Å². The van der Waals surface area contributed by atoms with Crippen LogP contribution in [0, 0.1) is 0 Å². The number of unbranched alkanes of at least 4 members (excludes halogenated alkanes) is 3. The maximum absolute atomic E-state index is 11.5. The van der Waals surface area contributed by atoms with Crippen LogP contribution in [0.4, 0.5) is 10.5 Å². The maximum Gasteiger partial charge on any atom is 0.411 e. The number of nitrogens with one attached hydrogen (secondary N) is 1. The fourth-order valence-electron chi connectivity index (χ4n) is 1.71. The second kappa shape index (κ2) is 8.04. The molecule has 0 radical (unpaired) electrons. The van der Waals surface area contributed by atoms with Crippen LogP contribution in [0.5, 0.6) is 5.75 Å². The Hall–Kier alpha value is -2.24. The molecular formula is C14H19NO5. The lowest BCUT2D eigenvalue weighted by molar-refractivity contribution is 0.0695. The van der Waals surface area contributed by atoms with Gasteiger partial charge in [0, 0.05) is 0 Å². The van der Waals surface area contributed by atoms with E-state index in [-0.39, 0.29) is 17.9 Å². The highest BCUT2D eigenvalue weighted by Gasteiger charge is 2.17. The quantitative estimate of drug-likeness (QED) is 0.667. The third kappa shape index (κ3) is 4.79. The standard InChI is InChI=1S/C14H19NO5/c1-2-3-4-5-9-20-14(19)15-10-7-6-8-11(16)12(10)13(17)18/h6-8,16H,2-5,9H2,1H3,(H,15,19)(H,17,18). The van der Waals surface area contributed by atoms with Crippen molar-refractivity contribution in [3.8, 4) is 5.75 Å². The van der Waals surface area contributed by atoms with Crippen molar-refractivity contribution in [2.75, 3.05) is 11.9 Å². The highest BCUT2D eigenvalue weighted by Crippen LogP contribution is 2.25. The predicted molar refractivity (Wildman–Crippen MR) is 74.2 cm³/mol. The molecule has 20 heavy (non-hydrogen) atoms. The first-order chi connectivity index (χ1) is 9.56. The summed E-state index contributed by atoms with van der Waals surface area (Å²) in [7, 11) is 0. The van der Waals surface area contributed by atoms with Crippen molar-refractivity contribution in [2.45, 2.75) is 32.6 Å². The molecule has 3 N–H and O–H groups in total. The molecule has 0 fully saturated rings. The molecule has 0 aliphatic carbocycles. The van der Waals surface area contributed by atoms with Crippen molar-refractivity contribution >= 4 is 17.7 Å². The van der Waals surface area contributed by atoms with E-state index in [9.17, 15) is 14.7 Å². The first kappa shape index (κ1) is 15.8. The van der Waals surface area contributed by atoms with Crippen LogP contribution in [0.15, 0.2) is 18.2 Å². The minimum atomic E-state index is -1.32. The van der Waals surface area contributed by atoms with Gasteiger partial charge in [0.15, 0.2) is 0 Å². The summed E-state index contributed by atoms with van der Waals surface area (Å²) in [5.74, 6) is -1.72. The van der Waals surface area contributed by atoms with Crippen LogP contribution in [-0.2, 0) is 4.74 Å². The zero-order valence-electron chi connectivity index (χ0n) is 11.4. The Morgan fingerprint density at radius 1 is 1.25 bits per heavy atom. The van der Waals surface area contributed by atoms with Crippen LogP contribution in [0.2, 0.25) is 0 Å². The molecule has 0 bridgehead atoms. The second-order valence-corrected chi connectivity index (χ2v) is 4.33. The molecule has 0 heterocycles. The van der Waals surface area contributed by atoms with Crippen LogP contribution in [-0.4, -0.2) is 28.9 Å². The molecule has 6 heteroatoms. The van der Waals surface area contributed by atoms with Crippen LogP contribution in [0.25, 0.3) is 0 Å². The molecule has 0 aromatic heterocycles. The third-order valence-corrected chi connectivity index (χ3v) is 2.72. The summed E-state index contributed by atoms with van der Waals surface area (Å²) >= 11 is 0. The van der Waals surface area contributed by atoms with Crippen molar-refractivity contribution in [2.24, 2.45) is 0 Å². The molecule has 1 rings (SSSR count). The monoisotopic (exact) mass is 281 g/mol. The molecule has 0 spiro atoms. The topological polar surface area (TPSA) is 95.9 Å². The lowest BCUT2D eigenvalue weighted by atomic mass is 10.1. The molecule has 6 nitrogen and oxygen atoms in total. The summed E-state index contributed by atoms with van der Waals surface area (Å²) in [6.07, 6.45) is 3.20. The number of benzene rings is 1. The Morgan fingerprint density at radius 2 is 2.00 bits per heavy atom. The Kier molecular flexibility index (Phi) is 6.36. The Labute approximate surface area is 117 Å². The maximum atomic E-state index is 11.5. The minimum Gasteiger partial charge on any atom is -0.507 e. The van der Waals surface area contributed by atoms with Gasteiger partial charge in [0.05, 0.1) is 12.3 Å². The second-order valence-electron chi connectivity index (χ2n) is 4.33. The molecule has 1 aromatic rings. The number of carbonyl (C=O) groups is 2. The van der Waals surface area contributed by atoms with Crippen molar-refractivity contribution in [3.05, 3.63) is 23.8 Å². The number of hydrogen-bond acceptors (Lipinski definition) is 4. The predicted octanol–water partition coefficient (Wildman–Crippen LogP) is 3.22. The Balaban J connectivity index is 2.54. The molecule has 0 saturated heterocycles. The zero-order chi connectivity index (χ0) is 15.0. The molecule has 0 aliphatic rings. The van der Waals surface area contributed by atoms with Crippen molar-refractivity contribution in [1.82, 2.24) is 0 Å². The number of hydrogen-bond donors (Lipinski definition) is 3. The first-order valence-electron chi connectivity index (χ1n) is 6.55. The van der Waals surface area contributed by atoms with Gasteiger partial charge in [-0.2, -0.15) is 0 Å². The van der Waals surface area contributed by atoms with Crippen LogP contribution < -0.4 is 5.32 Å². The van der Waals surface area contributed by atoms with Gasteiger partial charge in [-0.15, -0.1) is 0 Å². The fraction of sp³-hybridized carbons (Fsp3) is 0.429. The van der Waals surface area contributed by atoms with Crippen LogP contribution in [0.3, 0.4) is 0 Å². The van der Waals surface area contributed by atoms with Crippen molar-refractivity contribution in [3.63, 3.8) is 0 Å². The van der Waals surface area contributed by atoms with E-state index in [1.807, 2.05) is 0 Å². The van der Waals surface area contributed by atoms with E-state index in [4.69, 9.17) is 9.84 Å². The number of carboxylic acid groups (broad SMARTS) is 1. The summed E-state index contributed by atoms with van der Waals surface area (Å²) in [6.45, 7) is 2.37. The Bertz CT molecular complexity index is 473. The first-order valence-corrected chi connectivity index (χ1v) is 6.55. The summed E-state index contributed by atoms with van der Waals surface area (Å²) < 4.78 is 4.94. The van der Waals surface area contributed by atoms with E-state index in [0.29, 0.717) is 0 Å². The highest BCUT2D eigenvalue weighted by atomic mass is 16.5. The smallest absolute Gasteiger partial charge is 0.411 e. The average Bonchev–Trinajstić information content (AvgIpc) is 2.38. The number of anilines is 1. The number of aromatic hydroxyl groups is 1. The number of phenols is 1. The van der Waals surface area contributed by atoms with Crippen LogP contribution >= 0.6 is 0 Å². The van der Waals surface area contributed by atoms with Gasteiger partial charge in [-0.1, -0.05) is 32.3 Å². The Morgan fingerprint density at radius 3 is 2.65 bits per heavy atom. The molecule has 0 atom stereocenters. The SMILES string of the molecule is CCCCCCOC(=O)Nc1cccc(O)c1C(=O)O. The van der Waals surface area contributed by atoms with E-state index in [1.54, 1.807) is 0 Å². The molecule has 1 aromatic carbocycles. The number of carbonyl (C=O) groups excluding carboxylic acids is 1. The number of aromatic carboxylic acids is 1. The largest absolute Gasteiger partial charge is 0.507 e. The molecule has 0 aliphatic heterocycles. The normalized spacial score (nSPS) is 10.1. The molecule has 0 saturated carbocycles. The van der Waals surface area contributed by atoms with E-state index in [2.05, 4.69) is 12.2 Å². The van der Waals surface area contributed by atoms with Gasteiger partial charge in [-0.3, -0.25) is 5.32 Å². The number of ether oxygens (including phenoxy) is 1. The van der Waals surface area contributed by atoms with Gasteiger partial charge in [0.1, 0.15) is 11.3 Å². The lowest BCUT2D eigenvalue weighted by Crippen LogP contribution is -2.16. The fourth-order valence-corrected chi connectivity index (χ4v) is 1.71. The number of rotatable bonds is 7. The number of amides is 1. The number of carboxylic acids is 1. The highest BCUT2D eigenvalue weighted by molar-refractivity contribution is 6.01. The van der Waals surface area contributed by atoms with Gasteiger partial charge in [0.25, 0.3) is 0 Å². The van der Waals surface area contributed by atoms with Crippen molar-refractivity contribution < 1.29 is 24.5 Å². The van der Waals surface area contributed by atoms with Gasteiger partial charge in [-0.25, -0.2) is 9.59 Å². The molecule has 1 amide bonds. The third-order valence-electron chi connectivity index (χ3n) is 2.72. The van der Waals surface area contributed by atoms with Gasteiger partial charge >= 0.3 is 12.1 Å². The summed E-state index contributed by atoms with van der Waals surface area (Å²) in [5.41, 5.74) is -0.341. The zero-order valence-corrected chi connectivity index (χ0v) is 11.4.